The normalized spacial score (nSPS) is 28.3. The van der Waals surface area contributed by atoms with Gasteiger partial charge in [-0.25, -0.2) is 5.01 Å². The van der Waals surface area contributed by atoms with Crippen LogP contribution in [0, 0.1) is 5.92 Å². The highest BCUT2D eigenvalue weighted by Crippen LogP contribution is 2.40. The molecule has 3 aliphatic heterocycles. The van der Waals surface area contributed by atoms with E-state index in [4.69, 9.17) is 0 Å². The summed E-state index contributed by atoms with van der Waals surface area (Å²) in [6.45, 7) is 4.10. The van der Waals surface area contributed by atoms with Crippen LogP contribution in [0.3, 0.4) is 0 Å². The Labute approximate surface area is 212 Å². The molecule has 0 bridgehead atoms. The lowest BCUT2D eigenvalue weighted by atomic mass is 9.74. The SMILES string of the molecule is CC1CC=C2C(CCCC2c2cc3c(n(CC4CC4)c2=O)CCN(C(=O)C2=NN(C)C(=O)CC2)C3)N1. The molecule has 0 aromatic carbocycles. The van der Waals surface area contributed by atoms with E-state index in [-0.39, 0.29) is 23.3 Å². The second-order valence-corrected chi connectivity index (χ2v) is 11.4. The quantitative estimate of drug-likeness (QED) is 0.656. The van der Waals surface area contributed by atoms with Gasteiger partial charge in [-0.3, -0.25) is 14.4 Å². The van der Waals surface area contributed by atoms with Crippen molar-refractivity contribution in [3.8, 4) is 0 Å². The van der Waals surface area contributed by atoms with Gasteiger partial charge in [-0.1, -0.05) is 12.5 Å². The largest absolute Gasteiger partial charge is 0.333 e. The summed E-state index contributed by atoms with van der Waals surface area (Å²) in [5.74, 6) is 0.603. The van der Waals surface area contributed by atoms with Crippen molar-refractivity contribution in [2.75, 3.05) is 13.6 Å². The molecule has 192 valence electrons. The molecule has 5 aliphatic rings. The molecular weight excluding hydrogens is 454 g/mol. The Morgan fingerprint density at radius 3 is 2.75 bits per heavy atom. The first-order valence-electron chi connectivity index (χ1n) is 13.7. The van der Waals surface area contributed by atoms with E-state index >= 15 is 0 Å². The molecule has 36 heavy (non-hydrogen) atoms. The summed E-state index contributed by atoms with van der Waals surface area (Å²) in [6, 6.07) is 2.97. The molecule has 6 rings (SSSR count). The molecule has 4 heterocycles. The molecule has 1 aromatic rings. The molecular formula is C28H37N5O3. The Hall–Kier alpha value is -2.74. The smallest absolute Gasteiger partial charge is 0.270 e. The number of nitrogens with one attached hydrogen (secondary N) is 1. The van der Waals surface area contributed by atoms with Crippen molar-refractivity contribution in [3.63, 3.8) is 0 Å². The predicted molar refractivity (Wildman–Crippen MR) is 138 cm³/mol. The fourth-order valence-electron chi connectivity index (χ4n) is 6.55. The number of fused-ring (bicyclic) bond motifs is 2. The van der Waals surface area contributed by atoms with E-state index in [0.29, 0.717) is 56.1 Å². The molecule has 2 aliphatic carbocycles. The molecule has 3 atom stereocenters. The Bertz CT molecular complexity index is 1210. The first kappa shape index (κ1) is 23.6. The van der Waals surface area contributed by atoms with Gasteiger partial charge in [0.15, 0.2) is 0 Å². The van der Waals surface area contributed by atoms with E-state index < -0.39 is 0 Å². The van der Waals surface area contributed by atoms with Gasteiger partial charge < -0.3 is 14.8 Å². The summed E-state index contributed by atoms with van der Waals surface area (Å²) in [7, 11) is 1.61. The van der Waals surface area contributed by atoms with Crippen molar-refractivity contribution >= 4 is 17.5 Å². The average Bonchev–Trinajstić information content (AvgIpc) is 3.70. The minimum absolute atomic E-state index is 0.0593. The van der Waals surface area contributed by atoms with Gasteiger partial charge in [0.1, 0.15) is 5.71 Å². The van der Waals surface area contributed by atoms with Crippen molar-refractivity contribution in [3.05, 3.63) is 44.9 Å². The zero-order valence-corrected chi connectivity index (χ0v) is 21.5. The fraction of sp³-hybridized carbons (Fsp3) is 0.643. The predicted octanol–water partition coefficient (Wildman–Crippen LogP) is 2.70. The van der Waals surface area contributed by atoms with Crippen molar-refractivity contribution in [1.82, 2.24) is 19.8 Å². The van der Waals surface area contributed by atoms with Crippen LogP contribution in [0.2, 0.25) is 0 Å². The fourth-order valence-corrected chi connectivity index (χ4v) is 6.55. The minimum Gasteiger partial charge on any atom is -0.333 e. The monoisotopic (exact) mass is 491 g/mol. The van der Waals surface area contributed by atoms with Gasteiger partial charge in [0.05, 0.1) is 0 Å². The molecule has 3 unspecified atom stereocenters. The number of aromatic nitrogens is 1. The molecule has 8 heteroatoms. The summed E-state index contributed by atoms with van der Waals surface area (Å²) in [5, 5.41) is 9.29. The first-order chi connectivity index (χ1) is 17.4. The van der Waals surface area contributed by atoms with E-state index in [1.165, 1.54) is 23.4 Å². The zero-order valence-electron chi connectivity index (χ0n) is 21.5. The van der Waals surface area contributed by atoms with Gasteiger partial charge >= 0.3 is 0 Å². The Kier molecular flexibility index (Phi) is 6.10. The van der Waals surface area contributed by atoms with Crippen LogP contribution in [-0.4, -0.2) is 57.7 Å². The number of hydrogen-bond acceptors (Lipinski definition) is 5. The lowest BCUT2D eigenvalue weighted by molar-refractivity contribution is -0.130. The van der Waals surface area contributed by atoms with Crippen molar-refractivity contribution in [1.29, 1.82) is 0 Å². The molecule has 0 saturated heterocycles. The van der Waals surface area contributed by atoms with E-state index in [2.05, 4.69) is 34.1 Å². The van der Waals surface area contributed by atoms with Gasteiger partial charge in [-0.15, -0.1) is 0 Å². The highest BCUT2D eigenvalue weighted by molar-refractivity contribution is 6.39. The summed E-state index contributed by atoms with van der Waals surface area (Å²) in [5.41, 5.74) is 5.15. The third kappa shape index (κ3) is 4.33. The second-order valence-electron chi connectivity index (χ2n) is 11.4. The molecule has 1 aromatic heterocycles. The van der Waals surface area contributed by atoms with Crippen LogP contribution in [-0.2, 0) is 29.1 Å². The number of carbonyl (C=O) groups is 2. The number of pyridine rings is 1. The molecule has 1 N–H and O–H groups in total. The van der Waals surface area contributed by atoms with Crippen LogP contribution in [0.15, 0.2) is 27.6 Å². The summed E-state index contributed by atoms with van der Waals surface area (Å²) < 4.78 is 2.07. The molecule has 2 amide bonds. The van der Waals surface area contributed by atoms with Crippen LogP contribution in [0.1, 0.15) is 81.0 Å². The van der Waals surface area contributed by atoms with E-state index in [9.17, 15) is 14.4 Å². The van der Waals surface area contributed by atoms with Crippen LogP contribution in [0.5, 0.6) is 0 Å². The van der Waals surface area contributed by atoms with Crippen LogP contribution < -0.4 is 10.9 Å². The maximum absolute atomic E-state index is 14.0. The number of hydrazone groups is 1. The van der Waals surface area contributed by atoms with Crippen molar-refractivity contribution < 1.29 is 9.59 Å². The number of amides is 2. The van der Waals surface area contributed by atoms with Crippen LogP contribution in [0.4, 0.5) is 0 Å². The first-order valence-corrected chi connectivity index (χ1v) is 13.7. The number of rotatable bonds is 4. The van der Waals surface area contributed by atoms with Gasteiger partial charge in [-0.05, 0) is 62.1 Å². The van der Waals surface area contributed by atoms with Gasteiger partial charge in [0, 0.05) is 75.2 Å². The standard InChI is InChI=1S/C28H37N5O3/c1-17-6-9-21-20(4-3-5-23(21)29-17)22-14-19-16-32(28(36)24-10-11-26(34)31(2)30-24)13-12-25(19)33(27(22)35)15-18-7-8-18/h9,14,17-18,20,23,29H,3-8,10-13,15-16H2,1-2H3. The topological polar surface area (TPSA) is 87.0 Å². The van der Waals surface area contributed by atoms with Gasteiger partial charge in [0.25, 0.3) is 11.5 Å². The highest BCUT2D eigenvalue weighted by atomic mass is 16.2. The average molecular weight is 492 g/mol. The summed E-state index contributed by atoms with van der Waals surface area (Å²) in [6.07, 6.45) is 10.4. The van der Waals surface area contributed by atoms with E-state index in [0.717, 1.165) is 49.0 Å². The maximum Gasteiger partial charge on any atom is 0.270 e. The Balaban J connectivity index is 1.35. The maximum atomic E-state index is 14.0. The van der Waals surface area contributed by atoms with Crippen molar-refractivity contribution in [2.24, 2.45) is 11.0 Å². The van der Waals surface area contributed by atoms with Crippen LogP contribution in [0.25, 0.3) is 0 Å². The Morgan fingerprint density at radius 1 is 1.14 bits per heavy atom. The number of carbonyl (C=O) groups excluding carboxylic acids is 2. The van der Waals surface area contributed by atoms with Gasteiger partial charge in [-0.2, -0.15) is 5.10 Å². The Morgan fingerprint density at radius 2 is 1.97 bits per heavy atom. The number of hydrogen-bond donors (Lipinski definition) is 1. The minimum atomic E-state index is -0.0904. The highest BCUT2D eigenvalue weighted by Gasteiger charge is 2.36. The van der Waals surface area contributed by atoms with Crippen molar-refractivity contribution in [2.45, 2.75) is 95.8 Å². The van der Waals surface area contributed by atoms with Gasteiger partial charge in [0.2, 0.25) is 5.91 Å². The van der Waals surface area contributed by atoms with Crippen LogP contribution >= 0.6 is 0 Å². The number of nitrogens with zero attached hydrogens (tertiary/aromatic N) is 4. The van der Waals surface area contributed by atoms with E-state index in [1.807, 2.05) is 4.90 Å². The lowest BCUT2D eigenvalue weighted by Crippen LogP contribution is -2.46. The third-order valence-electron chi connectivity index (χ3n) is 8.74. The lowest BCUT2D eigenvalue weighted by Gasteiger charge is -2.39. The molecule has 0 spiro atoms. The molecule has 2 saturated carbocycles. The molecule has 2 fully saturated rings. The molecule has 8 nitrogen and oxygen atoms in total. The second kappa shape index (κ2) is 9.29. The summed E-state index contributed by atoms with van der Waals surface area (Å²) >= 11 is 0. The third-order valence-corrected chi connectivity index (χ3v) is 8.74. The molecule has 0 radical (unpaired) electrons. The zero-order chi connectivity index (χ0) is 25.0. The summed E-state index contributed by atoms with van der Waals surface area (Å²) in [4.78, 5) is 41.0. The van der Waals surface area contributed by atoms with E-state index in [1.54, 1.807) is 7.05 Å².